The van der Waals surface area contributed by atoms with Crippen LogP contribution in [0, 0.1) is 0 Å². The van der Waals surface area contributed by atoms with Crippen LogP contribution in [0.1, 0.15) is 22.3 Å². The minimum atomic E-state index is -0.520. The minimum absolute atomic E-state index is 0.520. The molecule has 0 fully saturated rings. The SMILES string of the molecule is c1ccc(C2(c3ccccc3)c3ccccc3-c3ccc(N(c4ccc(-c5ccc6c(c5)c5ccccc5n6-c5ccc6ccccc6c5)cc4)c4ccc(-c5cccc6ccccc56)cc4)cc32)cc1. The summed E-state index contributed by atoms with van der Waals surface area (Å²) in [6.45, 7) is 0. The lowest BCUT2D eigenvalue weighted by Gasteiger charge is -2.35. The van der Waals surface area contributed by atoms with Gasteiger partial charge < -0.3 is 9.47 Å². The van der Waals surface area contributed by atoms with Gasteiger partial charge in [-0.05, 0) is 144 Å². The van der Waals surface area contributed by atoms with E-state index in [9.17, 15) is 0 Å². The first-order chi connectivity index (χ1) is 35.2. The maximum absolute atomic E-state index is 2.46. The third-order valence-corrected chi connectivity index (χ3v) is 15.0. The zero-order valence-corrected chi connectivity index (χ0v) is 39.0. The van der Waals surface area contributed by atoms with Gasteiger partial charge in [0.25, 0.3) is 0 Å². The van der Waals surface area contributed by atoms with Gasteiger partial charge in [0.15, 0.2) is 0 Å². The van der Waals surface area contributed by atoms with E-state index in [0.29, 0.717) is 0 Å². The highest BCUT2D eigenvalue weighted by atomic mass is 15.1. The topological polar surface area (TPSA) is 8.17 Å². The molecule has 0 saturated heterocycles. The molecule has 0 aliphatic heterocycles. The van der Waals surface area contributed by atoms with E-state index in [1.165, 1.54) is 99.0 Å². The first-order valence-corrected chi connectivity index (χ1v) is 24.6. The van der Waals surface area contributed by atoms with Crippen LogP contribution in [-0.2, 0) is 5.41 Å². The number of aromatic nitrogens is 1. The molecular formula is C69H46N2. The molecule has 71 heavy (non-hydrogen) atoms. The maximum Gasteiger partial charge on any atom is 0.0714 e. The molecule has 1 aliphatic rings. The highest BCUT2D eigenvalue weighted by molar-refractivity contribution is 6.11. The zero-order valence-electron chi connectivity index (χ0n) is 39.0. The molecule has 0 amide bonds. The summed E-state index contributed by atoms with van der Waals surface area (Å²) in [7, 11) is 0. The van der Waals surface area contributed by atoms with Crippen LogP contribution < -0.4 is 4.90 Å². The second-order valence-electron chi connectivity index (χ2n) is 18.8. The van der Waals surface area contributed by atoms with Gasteiger partial charge in [0.2, 0.25) is 0 Å². The van der Waals surface area contributed by atoms with Crippen molar-refractivity contribution >= 4 is 60.4 Å². The van der Waals surface area contributed by atoms with E-state index in [2.05, 4.69) is 289 Å². The Morgan fingerprint density at radius 3 is 1.59 bits per heavy atom. The first kappa shape index (κ1) is 40.8. The summed E-state index contributed by atoms with van der Waals surface area (Å²) in [5.41, 5.74) is 18.7. The Morgan fingerprint density at radius 1 is 0.282 bits per heavy atom. The van der Waals surface area contributed by atoms with Gasteiger partial charge in [-0.25, -0.2) is 0 Å². The van der Waals surface area contributed by atoms with Gasteiger partial charge in [0.05, 0.1) is 16.4 Å². The molecule has 0 atom stereocenters. The fourth-order valence-corrected chi connectivity index (χ4v) is 11.8. The largest absolute Gasteiger partial charge is 0.310 e. The number of para-hydroxylation sites is 1. The Hall–Kier alpha value is -9.24. The van der Waals surface area contributed by atoms with Crippen LogP contribution in [0.25, 0.3) is 82.4 Å². The van der Waals surface area contributed by atoms with Crippen molar-refractivity contribution in [3.05, 3.63) is 301 Å². The molecule has 13 aromatic rings. The second kappa shape index (κ2) is 16.5. The number of rotatable bonds is 8. The number of anilines is 3. The number of hydrogen-bond donors (Lipinski definition) is 0. The van der Waals surface area contributed by atoms with Gasteiger partial charge in [-0.2, -0.15) is 0 Å². The molecule has 0 bridgehead atoms. The van der Waals surface area contributed by atoms with E-state index in [-0.39, 0.29) is 0 Å². The lowest BCUT2D eigenvalue weighted by Crippen LogP contribution is -2.28. The summed E-state index contributed by atoms with van der Waals surface area (Å²) < 4.78 is 2.41. The normalized spacial score (nSPS) is 12.6. The molecular weight excluding hydrogens is 857 g/mol. The maximum atomic E-state index is 2.46. The average molecular weight is 903 g/mol. The molecule has 0 unspecified atom stereocenters. The molecule has 0 saturated carbocycles. The molecule has 0 radical (unpaired) electrons. The van der Waals surface area contributed by atoms with Crippen molar-refractivity contribution in [2.24, 2.45) is 0 Å². The Labute approximate surface area is 413 Å². The summed E-state index contributed by atoms with van der Waals surface area (Å²) >= 11 is 0. The molecule has 1 aromatic heterocycles. The van der Waals surface area contributed by atoms with Gasteiger partial charge in [0, 0.05) is 33.5 Å². The van der Waals surface area contributed by atoms with Gasteiger partial charge in [-0.3, -0.25) is 0 Å². The van der Waals surface area contributed by atoms with Crippen molar-refractivity contribution in [3.8, 4) is 39.1 Å². The van der Waals surface area contributed by atoms with Crippen molar-refractivity contribution in [1.29, 1.82) is 0 Å². The number of hydrogen-bond acceptors (Lipinski definition) is 1. The average Bonchev–Trinajstić information content (AvgIpc) is 3.94. The number of fused-ring (bicyclic) bond motifs is 8. The van der Waals surface area contributed by atoms with E-state index < -0.39 is 5.41 Å². The van der Waals surface area contributed by atoms with Crippen LogP contribution >= 0.6 is 0 Å². The van der Waals surface area contributed by atoms with Crippen LogP contribution in [0.3, 0.4) is 0 Å². The van der Waals surface area contributed by atoms with Crippen molar-refractivity contribution in [3.63, 3.8) is 0 Å². The lowest BCUT2D eigenvalue weighted by molar-refractivity contribution is 0.768. The summed E-state index contributed by atoms with van der Waals surface area (Å²) in [6.07, 6.45) is 0. The number of benzene rings is 12. The van der Waals surface area contributed by atoms with Crippen LogP contribution in [0.15, 0.2) is 279 Å². The lowest BCUT2D eigenvalue weighted by atomic mass is 9.67. The van der Waals surface area contributed by atoms with Crippen molar-refractivity contribution < 1.29 is 0 Å². The van der Waals surface area contributed by atoms with Gasteiger partial charge >= 0.3 is 0 Å². The molecule has 0 N–H and O–H groups in total. The minimum Gasteiger partial charge on any atom is -0.310 e. The van der Waals surface area contributed by atoms with Gasteiger partial charge in [-0.15, -0.1) is 0 Å². The molecule has 0 spiro atoms. The summed E-state index contributed by atoms with van der Waals surface area (Å²) in [4.78, 5) is 2.43. The molecule has 2 nitrogen and oxygen atoms in total. The van der Waals surface area contributed by atoms with Crippen molar-refractivity contribution in [1.82, 2.24) is 4.57 Å². The Morgan fingerprint density at radius 2 is 0.831 bits per heavy atom. The predicted molar refractivity (Wildman–Crippen MR) is 299 cm³/mol. The summed E-state index contributed by atoms with van der Waals surface area (Å²) in [5.74, 6) is 0. The van der Waals surface area contributed by atoms with E-state index >= 15 is 0 Å². The standard InChI is InChI=1S/C69H46N2/c1-3-20-53(21-4-1)69(54-22-5-2-6-23-54)65-28-13-11-25-61(65)62-42-41-58(46-66(62)69)70(56-38-33-50(34-39-56)60-27-15-19-49-17-9-10-24-59(49)60)55-36-30-48(31-37-55)52-35-43-68-64(45-52)63-26-12-14-29-67(63)71(68)57-40-32-47-16-7-8-18-51(47)44-57/h1-46H. The molecule has 14 rings (SSSR count). The monoisotopic (exact) mass is 902 g/mol. The molecule has 1 heterocycles. The van der Waals surface area contributed by atoms with Crippen LogP contribution in [-0.4, -0.2) is 4.57 Å². The molecule has 332 valence electrons. The Kier molecular flexibility index (Phi) is 9.47. The Balaban J connectivity index is 0.917. The van der Waals surface area contributed by atoms with Crippen LogP contribution in [0.4, 0.5) is 17.1 Å². The second-order valence-corrected chi connectivity index (χ2v) is 18.8. The molecule has 1 aliphatic carbocycles. The summed E-state index contributed by atoms with van der Waals surface area (Å²) in [5, 5.41) is 7.46. The van der Waals surface area contributed by atoms with Crippen LogP contribution in [0.5, 0.6) is 0 Å². The Bertz CT molecular complexity index is 4100. The molecule has 2 heteroatoms. The van der Waals surface area contributed by atoms with Gasteiger partial charge in [-0.1, -0.05) is 212 Å². The third kappa shape index (κ3) is 6.49. The first-order valence-electron chi connectivity index (χ1n) is 24.6. The quantitative estimate of drug-likeness (QED) is 0.147. The number of nitrogens with zero attached hydrogens (tertiary/aromatic N) is 2. The van der Waals surface area contributed by atoms with Crippen molar-refractivity contribution in [2.45, 2.75) is 5.41 Å². The molecule has 12 aromatic carbocycles. The van der Waals surface area contributed by atoms with Crippen molar-refractivity contribution in [2.75, 3.05) is 4.90 Å². The highest BCUT2D eigenvalue weighted by Crippen LogP contribution is 2.57. The van der Waals surface area contributed by atoms with E-state index in [1.807, 2.05) is 0 Å². The van der Waals surface area contributed by atoms with E-state index in [0.717, 1.165) is 22.7 Å². The predicted octanol–water partition coefficient (Wildman–Crippen LogP) is 18.3. The van der Waals surface area contributed by atoms with E-state index in [4.69, 9.17) is 0 Å². The van der Waals surface area contributed by atoms with Gasteiger partial charge in [0.1, 0.15) is 0 Å². The van der Waals surface area contributed by atoms with E-state index in [1.54, 1.807) is 0 Å². The fourth-order valence-electron chi connectivity index (χ4n) is 11.8. The third-order valence-electron chi connectivity index (χ3n) is 15.0. The van der Waals surface area contributed by atoms with Crippen LogP contribution in [0.2, 0.25) is 0 Å². The highest BCUT2D eigenvalue weighted by Gasteiger charge is 2.46. The zero-order chi connectivity index (χ0) is 46.9. The summed E-state index contributed by atoms with van der Waals surface area (Å²) in [6, 6.07) is 103. The fraction of sp³-hybridized carbons (Fsp3) is 0.0145. The smallest absolute Gasteiger partial charge is 0.0714 e.